The average Bonchev–Trinajstić information content (AvgIpc) is 3.10. The number of nitrogens with one attached hydrogen (secondary N) is 2. The van der Waals surface area contributed by atoms with E-state index in [2.05, 4.69) is 15.5 Å². The minimum atomic E-state index is -0.992. The van der Waals surface area contributed by atoms with Crippen molar-refractivity contribution in [1.82, 2.24) is 15.1 Å². The quantitative estimate of drug-likeness (QED) is 0.655. The summed E-state index contributed by atoms with van der Waals surface area (Å²) in [6.45, 7) is 2.89. The first-order valence-electron chi connectivity index (χ1n) is 11.7. The number of urea groups is 1. The maximum Gasteiger partial charge on any atom is 0.318 e. The lowest BCUT2D eigenvalue weighted by Crippen LogP contribution is -2.64. The molecule has 0 aromatic heterocycles. The second-order valence-electron chi connectivity index (χ2n) is 9.06. The summed E-state index contributed by atoms with van der Waals surface area (Å²) in [7, 11) is 0. The zero-order chi connectivity index (χ0) is 23.7. The maximum absolute atomic E-state index is 13.8. The minimum Gasteiger partial charge on any atom is -0.378 e. The second kappa shape index (κ2) is 9.74. The number of fused-ring (bicyclic) bond motifs is 1. The molecular weight excluding hydrogens is 475 g/mol. The van der Waals surface area contributed by atoms with E-state index in [1.54, 1.807) is 11.0 Å². The molecule has 2 N–H and O–H groups in total. The number of likely N-dealkylation sites (tertiary alicyclic amines) is 1. The number of benzene rings is 2. The number of nitrogens with zero attached hydrogens (tertiary/aromatic N) is 2. The Morgan fingerprint density at radius 3 is 2.68 bits per heavy atom. The summed E-state index contributed by atoms with van der Waals surface area (Å²) in [6, 6.07) is 13.0. The first-order valence-corrected chi connectivity index (χ1v) is 12.5. The first kappa shape index (κ1) is 23.4. The van der Waals surface area contributed by atoms with Gasteiger partial charge in [-0.15, -0.1) is 0 Å². The number of carbonyl (C=O) groups is 2. The van der Waals surface area contributed by atoms with Gasteiger partial charge >= 0.3 is 6.03 Å². The van der Waals surface area contributed by atoms with Crippen LogP contribution in [0.2, 0.25) is 10.0 Å². The Balaban J connectivity index is 1.54. The molecule has 0 saturated carbocycles. The molecule has 5 rings (SSSR count). The molecule has 3 amide bonds. The van der Waals surface area contributed by atoms with Crippen LogP contribution in [0.5, 0.6) is 0 Å². The molecule has 2 fully saturated rings. The van der Waals surface area contributed by atoms with Crippen molar-refractivity contribution in [3.63, 3.8) is 0 Å². The summed E-state index contributed by atoms with van der Waals surface area (Å²) >= 11 is 12.6. The number of anilines is 1. The highest BCUT2D eigenvalue weighted by molar-refractivity contribution is 6.31. The van der Waals surface area contributed by atoms with Crippen molar-refractivity contribution in [2.45, 2.75) is 37.4 Å². The van der Waals surface area contributed by atoms with Crippen LogP contribution >= 0.6 is 23.2 Å². The van der Waals surface area contributed by atoms with Crippen molar-refractivity contribution in [1.29, 1.82) is 0 Å². The summed E-state index contributed by atoms with van der Waals surface area (Å²) in [5, 5.41) is 7.47. The number of amides is 3. The molecule has 0 aliphatic carbocycles. The van der Waals surface area contributed by atoms with E-state index in [1.165, 1.54) is 0 Å². The van der Waals surface area contributed by atoms with Gasteiger partial charge in [0.05, 0.1) is 19.4 Å². The number of ether oxygens (including phenoxy) is 1. The van der Waals surface area contributed by atoms with Gasteiger partial charge in [0.15, 0.2) is 0 Å². The van der Waals surface area contributed by atoms with E-state index in [1.807, 2.05) is 36.4 Å². The highest BCUT2D eigenvalue weighted by Crippen LogP contribution is 2.46. The number of hydrogen-bond donors (Lipinski definition) is 2. The van der Waals surface area contributed by atoms with Crippen molar-refractivity contribution in [2.24, 2.45) is 0 Å². The molecule has 3 heterocycles. The SMILES string of the molecule is O=C(NC1CCCCN1[C@]1(Cc2cccc(Cl)c2)C(=O)Nc2cc(Cl)ccc21)N1CCOCC1. The van der Waals surface area contributed by atoms with Crippen LogP contribution < -0.4 is 10.6 Å². The van der Waals surface area contributed by atoms with E-state index in [0.29, 0.717) is 55.0 Å². The number of morpholine rings is 1. The lowest BCUT2D eigenvalue weighted by Gasteiger charge is -2.47. The number of hydrogen-bond acceptors (Lipinski definition) is 4. The van der Waals surface area contributed by atoms with E-state index < -0.39 is 5.54 Å². The Morgan fingerprint density at radius 1 is 1.09 bits per heavy atom. The Hall–Kier alpha value is -2.32. The van der Waals surface area contributed by atoms with Gasteiger partial charge in [0.25, 0.3) is 0 Å². The molecule has 0 spiro atoms. The topological polar surface area (TPSA) is 73.9 Å². The third-order valence-electron chi connectivity index (χ3n) is 6.98. The van der Waals surface area contributed by atoms with Crippen LogP contribution in [0.15, 0.2) is 42.5 Å². The molecule has 1 unspecified atom stereocenters. The maximum atomic E-state index is 13.8. The molecule has 7 nitrogen and oxygen atoms in total. The van der Waals surface area contributed by atoms with E-state index >= 15 is 0 Å². The van der Waals surface area contributed by atoms with Crippen LogP contribution in [0.3, 0.4) is 0 Å². The summed E-state index contributed by atoms with van der Waals surface area (Å²) < 4.78 is 5.39. The van der Waals surface area contributed by atoms with Crippen LogP contribution in [0.1, 0.15) is 30.4 Å². The van der Waals surface area contributed by atoms with Crippen molar-refractivity contribution in [2.75, 3.05) is 38.2 Å². The third kappa shape index (κ3) is 4.38. The molecule has 0 radical (unpaired) electrons. The van der Waals surface area contributed by atoms with Gasteiger partial charge in [0, 0.05) is 47.4 Å². The fraction of sp³-hybridized carbons (Fsp3) is 0.440. The van der Waals surface area contributed by atoms with Gasteiger partial charge in [-0.05, 0) is 49.1 Å². The van der Waals surface area contributed by atoms with Gasteiger partial charge in [-0.25, -0.2) is 4.79 Å². The van der Waals surface area contributed by atoms with Crippen LogP contribution in [0.25, 0.3) is 0 Å². The van der Waals surface area contributed by atoms with Gasteiger partial charge < -0.3 is 20.3 Å². The summed E-state index contributed by atoms with van der Waals surface area (Å²) in [5.74, 6) is -0.114. The van der Waals surface area contributed by atoms with E-state index in [9.17, 15) is 9.59 Å². The number of piperidine rings is 1. The predicted octanol–water partition coefficient (Wildman–Crippen LogP) is 4.24. The molecule has 34 heavy (non-hydrogen) atoms. The molecular formula is C25H28Cl2N4O3. The minimum absolute atomic E-state index is 0.114. The van der Waals surface area contributed by atoms with Gasteiger partial charge in [-0.2, -0.15) is 0 Å². The second-order valence-corrected chi connectivity index (χ2v) is 9.94. The molecule has 2 atom stereocenters. The standard InChI is InChI=1S/C25H28Cl2N4O3/c26-18-5-3-4-17(14-18)16-25(20-8-7-19(27)15-21(20)28-23(25)32)31-9-2-1-6-22(31)29-24(33)30-10-12-34-13-11-30/h3-5,7-8,14-15,22H,1-2,6,9-13,16H2,(H,28,32)(H,29,33)/t22?,25-/m0/s1. The smallest absolute Gasteiger partial charge is 0.318 e. The first-order chi connectivity index (χ1) is 16.5. The molecule has 2 aromatic carbocycles. The number of halogens is 2. The Morgan fingerprint density at radius 2 is 1.88 bits per heavy atom. The summed E-state index contributed by atoms with van der Waals surface area (Å²) in [5.41, 5.74) is 1.54. The fourth-order valence-electron chi connectivity index (χ4n) is 5.37. The van der Waals surface area contributed by atoms with Crippen LogP contribution in [-0.4, -0.2) is 60.8 Å². The van der Waals surface area contributed by atoms with Crippen LogP contribution in [0.4, 0.5) is 10.5 Å². The van der Waals surface area contributed by atoms with Crippen molar-refractivity contribution < 1.29 is 14.3 Å². The Bertz CT molecular complexity index is 1090. The molecule has 0 bridgehead atoms. The fourth-order valence-corrected chi connectivity index (χ4v) is 5.76. The summed E-state index contributed by atoms with van der Waals surface area (Å²) in [6.07, 6.45) is 2.84. The Kier molecular flexibility index (Phi) is 6.71. The van der Waals surface area contributed by atoms with E-state index in [-0.39, 0.29) is 18.1 Å². The molecule has 2 aromatic rings. The number of rotatable bonds is 4. The summed E-state index contributed by atoms with van der Waals surface area (Å²) in [4.78, 5) is 30.9. The molecule has 3 aliphatic heterocycles. The Labute approximate surface area is 209 Å². The highest BCUT2D eigenvalue weighted by Gasteiger charge is 2.54. The zero-order valence-corrected chi connectivity index (χ0v) is 20.4. The normalized spacial score (nSPS) is 25.1. The van der Waals surface area contributed by atoms with Crippen LogP contribution in [-0.2, 0) is 21.5 Å². The van der Waals surface area contributed by atoms with Crippen LogP contribution in [0, 0.1) is 0 Å². The van der Waals surface area contributed by atoms with Crippen molar-refractivity contribution in [3.05, 3.63) is 63.6 Å². The molecule has 2 saturated heterocycles. The monoisotopic (exact) mass is 502 g/mol. The van der Waals surface area contributed by atoms with Gasteiger partial charge in [0.1, 0.15) is 5.54 Å². The van der Waals surface area contributed by atoms with Crippen molar-refractivity contribution in [3.8, 4) is 0 Å². The zero-order valence-electron chi connectivity index (χ0n) is 18.9. The van der Waals surface area contributed by atoms with Gasteiger partial charge in [-0.3, -0.25) is 9.69 Å². The average molecular weight is 503 g/mol. The molecule has 9 heteroatoms. The lowest BCUT2D eigenvalue weighted by molar-refractivity contribution is -0.131. The highest BCUT2D eigenvalue weighted by atomic mass is 35.5. The third-order valence-corrected chi connectivity index (χ3v) is 7.45. The largest absolute Gasteiger partial charge is 0.378 e. The van der Waals surface area contributed by atoms with E-state index in [4.69, 9.17) is 27.9 Å². The van der Waals surface area contributed by atoms with Crippen molar-refractivity contribution >= 4 is 40.8 Å². The predicted molar refractivity (Wildman–Crippen MR) is 132 cm³/mol. The number of carbonyl (C=O) groups excluding carboxylic acids is 2. The van der Waals surface area contributed by atoms with E-state index in [0.717, 1.165) is 30.4 Å². The molecule has 180 valence electrons. The molecule has 3 aliphatic rings. The van der Waals surface area contributed by atoms with Gasteiger partial charge in [0.2, 0.25) is 5.91 Å². The lowest BCUT2D eigenvalue weighted by atomic mass is 9.81. The van der Waals surface area contributed by atoms with Gasteiger partial charge in [-0.1, -0.05) is 41.4 Å².